The van der Waals surface area contributed by atoms with E-state index in [1.54, 1.807) is 0 Å². The molecule has 2 aromatic carbocycles. The first-order valence-corrected chi connectivity index (χ1v) is 11.3. The zero-order chi connectivity index (χ0) is 23.6. The summed E-state index contributed by atoms with van der Waals surface area (Å²) >= 11 is 0. The maximum Gasteiger partial charge on any atom is 0.226 e. The Bertz CT molecular complexity index is 1080. The van der Waals surface area contributed by atoms with E-state index >= 15 is 0 Å². The van der Waals surface area contributed by atoms with Gasteiger partial charge in [-0.1, -0.05) is 26.0 Å². The number of pyridine rings is 1. The molecule has 3 rings (SSSR count). The molecule has 0 bridgehead atoms. The minimum atomic E-state index is -0.0401. The molecule has 0 unspecified atom stereocenters. The molecule has 0 aliphatic rings. The Morgan fingerprint density at radius 3 is 1.69 bits per heavy atom. The maximum atomic E-state index is 12.0. The number of rotatable bonds is 6. The SMILES string of the molecule is Cc1c(C)c(-c2ccc(NC(C)C)nc2)c(C)c(C)c1-c1ccc(NC(=O)C(C)C)cc1. The van der Waals surface area contributed by atoms with Crippen LogP contribution in [0.3, 0.4) is 0 Å². The highest BCUT2D eigenvalue weighted by Crippen LogP contribution is 2.39. The van der Waals surface area contributed by atoms with E-state index in [4.69, 9.17) is 0 Å². The van der Waals surface area contributed by atoms with Crippen LogP contribution in [0.25, 0.3) is 22.3 Å². The summed E-state index contributed by atoms with van der Waals surface area (Å²) in [6.45, 7) is 16.8. The Hall–Kier alpha value is -3.14. The van der Waals surface area contributed by atoms with Crippen LogP contribution in [0.1, 0.15) is 49.9 Å². The monoisotopic (exact) mass is 429 g/mol. The highest BCUT2D eigenvalue weighted by molar-refractivity contribution is 5.92. The van der Waals surface area contributed by atoms with Crippen LogP contribution in [0.4, 0.5) is 11.5 Å². The van der Waals surface area contributed by atoms with Crippen LogP contribution in [0.15, 0.2) is 42.6 Å². The molecule has 0 fully saturated rings. The Kier molecular flexibility index (Phi) is 7.02. The van der Waals surface area contributed by atoms with Gasteiger partial charge < -0.3 is 10.6 Å². The van der Waals surface area contributed by atoms with Crippen molar-refractivity contribution >= 4 is 17.4 Å². The molecule has 3 aromatic rings. The van der Waals surface area contributed by atoms with Crippen LogP contribution in [0.5, 0.6) is 0 Å². The van der Waals surface area contributed by atoms with Crippen molar-refractivity contribution in [1.82, 2.24) is 4.98 Å². The van der Waals surface area contributed by atoms with Gasteiger partial charge in [0.15, 0.2) is 0 Å². The van der Waals surface area contributed by atoms with Crippen molar-refractivity contribution in [3.8, 4) is 22.3 Å². The van der Waals surface area contributed by atoms with Gasteiger partial charge in [-0.05, 0) is 105 Å². The first kappa shape index (κ1) is 23.5. The molecule has 1 amide bonds. The molecule has 1 aromatic heterocycles. The topological polar surface area (TPSA) is 54.0 Å². The molecule has 4 nitrogen and oxygen atoms in total. The third kappa shape index (κ3) is 4.85. The molecule has 0 aliphatic carbocycles. The third-order valence-electron chi connectivity index (χ3n) is 6.08. The number of hydrogen-bond acceptors (Lipinski definition) is 3. The normalized spacial score (nSPS) is 11.2. The summed E-state index contributed by atoms with van der Waals surface area (Å²) in [6, 6.07) is 12.7. The zero-order valence-corrected chi connectivity index (χ0v) is 20.6. The van der Waals surface area contributed by atoms with Gasteiger partial charge in [-0.3, -0.25) is 4.79 Å². The minimum absolute atomic E-state index is 0.0318. The predicted octanol–water partition coefficient (Wildman–Crippen LogP) is 7.06. The number of anilines is 2. The Labute approximate surface area is 192 Å². The largest absolute Gasteiger partial charge is 0.368 e. The zero-order valence-electron chi connectivity index (χ0n) is 20.6. The average Bonchev–Trinajstić information content (AvgIpc) is 2.74. The standard InChI is InChI=1S/C28H35N3O/c1-16(2)28(32)31-24-12-9-22(10-13-24)26-18(5)20(7)27(21(8)19(26)6)23-11-14-25(29-15-23)30-17(3)4/h9-17H,1-8H3,(H,29,30)(H,31,32). The van der Waals surface area contributed by atoms with Gasteiger partial charge >= 0.3 is 0 Å². The maximum absolute atomic E-state index is 12.0. The van der Waals surface area contributed by atoms with Crippen LogP contribution in [-0.4, -0.2) is 16.9 Å². The van der Waals surface area contributed by atoms with Crippen LogP contribution in [-0.2, 0) is 4.79 Å². The number of carbonyl (C=O) groups is 1. The van der Waals surface area contributed by atoms with E-state index in [-0.39, 0.29) is 11.8 Å². The fourth-order valence-corrected chi connectivity index (χ4v) is 4.11. The molecule has 0 spiro atoms. The average molecular weight is 430 g/mol. The number of aromatic nitrogens is 1. The lowest BCUT2D eigenvalue weighted by Crippen LogP contribution is -2.17. The quantitative estimate of drug-likeness (QED) is 0.441. The van der Waals surface area contributed by atoms with Gasteiger partial charge in [-0.15, -0.1) is 0 Å². The summed E-state index contributed by atoms with van der Waals surface area (Å²) in [6.07, 6.45) is 1.96. The van der Waals surface area contributed by atoms with E-state index in [0.717, 1.165) is 22.6 Å². The van der Waals surface area contributed by atoms with Crippen LogP contribution < -0.4 is 10.6 Å². The lowest BCUT2D eigenvalue weighted by molar-refractivity contribution is -0.118. The first-order valence-electron chi connectivity index (χ1n) is 11.3. The highest BCUT2D eigenvalue weighted by atomic mass is 16.1. The Morgan fingerprint density at radius 1 is 0.750 bits per heavy atom. The minimum Gasteiger partial charge on any atom is -0.368 e. The second kappa shape index (κ2) is 9.56. The van der Waals surface area contributed by atoms with Crippen molar-refractivity contribution in [2.24, 2.45) is 5.92 Å². The Morgan fingerprint density at radius 2 is 1.25 bits per heavy atom. The van der Waals surface area contributed by atoms with Gasteiger partial charge in [0.2, 0.25) is 5.91 Å². The molecule has 0 atom stereocenters. The molecule has 0 aliphatic heterocycles. The summed E-state index contributed by atoms with van der Waals surface area (Å²) in [5.41, 5.74) is 10.7. The van der Waals surface area contributed by atoms with Crippen LogP contribution in [0, 0.1) is 33.6 Å². The number of carbonyl (C=O) groups excluding carboxylic acids is 1. The summed E-state index contributed by atoms with van der Waals surface area (Å²) in [5.74, 6) is 0.889. The molecule has 32 heavy (non-hydrogen) atoms. The molecule has 0 saturated carbocycles. The number of benzene rings is 2. The van der Waals surface area contributed by atoms with Gasteiger partial charge in [-0.25, -0.2) is 4.98 Å². The van der Waals surface area contributed by atoms with E-state index in [1.807, 2.05) is 32.2 Å². The number of nitrogens with zero attached hydrogens (tertiary/aromatic N) is 1. The highest BCUT2D eigenvalue weighted by Gasteiger charge is 2.18. The molecule has 1 heterocycles. The molecule has 4 heteroatoms. The van der Waals surface area contributed by atoms with E-state index < -0.39 is 0 Å². The van der Waals surface area contributed by atoms with E-state index in [9.17, 15) is 4.79 Å². The fraction of sp³-hybridized carbons (Fsp3) is 0.357. The van der Waals surface area contributed by atoms with Crippen molar-refractivity contribution in [2.45, 2.75) is 61.4 Å². The number of amides is 1. The first-order chi connectivity index (χ1) is 15.1. The lowest BCUT2D eigenvalue weighted by atomic mass is 9.84. The smallest absolute Gasteiger partial charge is 0.226 e. The van der Waals surface area contributed by atoms with E-state index in [0.29, 0.717) is 6.04 Å². The molecular formula is C28H35N3O. The summed E-state index contributed by atoms with van der Waals surface area (Å²) < 4.78 is 0. The van der Waals surface area contributed by atoms with Gasteiger partial charge in [0, 0.05) is 29.4 Å². The van der Waals surface area contributed by atoms with Crippen molar-refractivity contribution in [3.63, 3.8) is 0 Å². The molecule has 0 radical (unpaired) electrons. The van der Waals surface area contributed by atoms with Gasteiger partial charge in [0.1, 0.15) is 5.82 Å². The molecule has 168 valence electrons. The lowest BCUT2D eigenvalue weighted by Gasteiger charge is -2.21. The van der Waals surface area contributed by atoms with E-state index in [2.05, 4.69) is 81.4 Å². The summed E-state index contributed by atoms with van der Waals surface area (Å²) in [7, 11) is 0. The fourth-order valence-electron chi connectivity index (χ4n) is 4.11. The Balaban J connectivity index is 1.99. The van der Waals surface area contributed by atoms with Gasteiger partial charge in [0.05, 0.1) is 0 Å². The van der Waals surface area contributed by atoms with Crippen molar-refractivity contribution < 1.29 is 4.79 Å². The van der Waals surface area contributed by atoms with Gasteiger partial charge in [0.25, 0.3) is 0 Å². The molecular weight excluding hydrogens is 394 g/mol. The molecule has 2 N–H and O–H groups in total. The van der Waals surface area contributed by atoms with Crippen LogP contribution in [0.2, 0.25) is 0 Å². The van der Waals surface area contributed by atoms with E-state index in [1.165, 1.54) is 33.4 Å². The van der Waals surface area contributed by atoms with Crippen molar-refractivity contribution in [2.75, 3.05) is 10.6 Å². The summed E-state index contributed by atoms with van der Waals surface area (Å²) in [5, 5.41) is 6.32. The second-order valence-electron chi connectivity index (χ2n) is 9.20. The summed E-state index contributed by atoms with van der Waals surface area (Å²) in [4.78, 5) is 16.6. The number of hydrogen-bond donors (Lipinski definition) is 2. The third-order valence-corrected chi connectivity index (χ3v) is 6.08. The van der Waals surface area contributed by atoms with Crippen molar-refractivity contribution in [1.29, 1.82) is 0 Å². The predicted molar refractivity (Wildman–Crippen MR) is 136 cm³/mol. The van der Waals surface area contributed by atoms with Gasteiger partial charge in [-0.2, -0.15) is 0 Å². The second-order valence-corrected chi connectivity index (χ2v) is 9.20. The number of nitrogens with one attached hydrogen (secondary N) is 2. The molecule has 0 saturated heterocycles. The van der Waals surface area contributed by atoms with Crippen molar-refractivity contribution in [3.05, 3.63) is 64.8 Å². The van der Waals surface area contributed by atoms with Crippen LogP contribution >= 0.6 is 0 Å².